The Morgan fingerprint density at radius 2 is 2.03 bits per heavy atom. The lowest BCUT2D eigenvalue weighted by atomic mass is 9.72. The van der Waals surface area contributed by atoms with E-state index < -0.39 is 6.10 Å². The van der Waals surface area contributed by atoms with Gasteiger partial charge in [-0.05, 0) is 67.6 Å². The molecule has 0 saturated carbocycles. The number of fused-ring (bicyclic) bond motifs is 4. The first kappa shape index (κ1) is 22.2. The molecule has 6 heteroatoms. The molecule has 3 saturated heterocycles. The normalized spacial score (nSPS) is 25.1. The summed E-state index contributed by atoms with van der Waals surface area (Å²) in [6, 6.07) is 16.9. The Labute approximate surface area is 199 Å². The van der Waals surface area contributed by atoms with Crippen LogP contribution in [0.5, 0.6) is 5.75 Å². The molecule has 0 N–H and O–H groups in total. The summed E-state index contributed by atoms with van der Waals surface area (Å²) < 4.78 is 11.8. The van der Waals surface area contributed by atoms with Crippen LogP contribution in [0.1, 0.15) is 48.2 Å². The standard InChI is InChI=1S/C27H29ClN2O3/c1-3-17-16-30-12-11-19(17)13-24(30)26(33-27(31)18-7-5-4-6-8-18)22-15-25(28)29-23-10-9-20(32-2)14-21(22)23/h4-10,14-15,17,19,24,26H,3,11-13,16H2,1-2H3. The van der Waals surface area contributed by atoms with Crippen molar-refractivity contribution in [2.45, 2.75) is 38.3 Å². The lowest BCUT2D eigenvalue weighted by Crippen LogP contribution is -2.55. The highest BCUT2D eigenvalue weighted by atomic mass is 35.5. The van der Waals surface area contributed by atoms with Crippen LogP contribution in [0.25, 0.3) is 10.9 Å². The summed E-state index contributed by atoms with van der Waals surface area (Å²) in [5.74, 6) is 1.77. The summed E-state index contributed by atoms with van der Waals surface area (Å²) in [5.41, 5.74) is 2.20. The number of carbonyl (C=O) groups is 1. The number of benzene rings is 2. The Morgan fingerprint density at radius 1 is 1.21 bits per heavy atom. The van der Waals surface area contributed by atoms with Crippen LogP contribution in [0.15, 0.2) is 54.6 Å². The van der Waals surface area contributed by atoms with Crippen molar-refractivity contribution in [1.29, 1.82) is 0 Å². The van der Waals surface area contributed by atoms with E-state index in [0.29, 0.717) is 22.6 Å². The van der Waals surface area contributed by atoms with Gasteiger partial charge < -0.3 is 9.47 Å². The lowest BCUT2D eigenvalue weighted by molar-refractivity contribution is -0.0659. The van der Waals surface area contributed by atoms with Crippen molar-refractivity contribution in [3.8, 4) is 5.75 Å². The van der Waals surface area contributed by atoms with Gasteiger partial charge in [-0.3, -0.25) is 4.90 Å². The topological polar surface area (TPSA) is 51.7 Å². The quantitative estimate of drug-likeness (QED) is 0.335. The van der Waals surface area contributed by atoms with E-state index in [1.807, 2.05) is 42.5 Å². The molecule has 3 fully saturated rings. The van der Waals surface area contributed by atoms with Crippen molar-refractivity contribution in [3.63, 3.8) is 0 Å². The molecule has 3 aliphatic rings. The maximum absolute atomic E-state index is 13.2. The Bertz CT molecular complexity index is 1150. The van der Waals surface area contributed by atoms with E-state index >= 15 is 0 Å². The summed E-state index contributed by atoms with van der Waals surface area (Å²) in [4.78, 5) is 20.2. The minimum Gasteiger partial charge on any atom is -0.497 e. The fourth-order valence-electron chi connectivity index (χ4n) is 5.62. The van der Waals surface area contributed by atoms with Crippen LogP contribution in [0.3, 0.4) is 0 Å². The highest BCUT2D eigenvalue weighted by Gasteiger charge is 2.44. The molecule has 0 spiro atoms. The van der Waals surface area contributed by atoms with Crippen LogP contribution >= 0.6 is 11.6 Å². The van der Waals surface area contributed by atoms with Crippen molar-refractivity contribution < 1.29 is 14.3 Å². The van der Waals surface area contributed by atoms with Gasteiger partial charge in [0.2, 0.25) is 0 Å². The number of aromatic nitrogens is 1. The van der Waals surface area contributed by atoms with E-state index in [1.54, 1.807) is 19.2 Å². The van der Waals surface area contributed by atoms with Gasteiger partial charge in [0.05, 0.1) is 24.2 Å². The first-order valence-corrected chi connectivity index (χ1v) is 12.1. The molecule has 2 bridgehead atoms. The molecule has 0 aliphatic carbocycles. The van der Waals surface area contributed by atoms with Gasteiger partial charge in [0.15, 0.2) is 0 Å². The zero-order valence-corrected chi connectivity index (χ0v) is 19.8. The summed E-state index contributed by atoms with van der Waals surface area (Å²) in [5, 5.41) is 1.30. The highest BCUT2D eigenvalue weighted by Crippen LogP contribution is 2.44. The number of hydrogen-bond donors (Lipinski definition) is 0. The number of halogens is 1. The Balaban J connectivity index is 1.59. The summed E-state index contributed by atoms with van der Waals surface area (Å²) in [7, 11) is 1.65. The van der Waals surface area contributed by atoms with Crippen LogP contribution < -0.4 is 4.74 Å². The molecule has 5 atom stereocenters. The van der Waals surface area contributed by atoms with Crippen LogP contribution in [0.4, 0.5) is 0 Å². The molecular formula is C27H29ClN2O3. The SMILES string of the molecule is CCC1CN2CCC1CC2C(OC(=O)c1ccccc1)c1cc(Cl)nc2ccc(OC)cc12. The third-order valence-corrected chi connectivity index (χ3v) is 7.57. The minimum atomic E-state index is -0.451. The van der Waals surface area contributed by atoms with Crippen molar-refractivity contribution in [2.75, 3.05) is 20.2 Å². The Hall–Kier alpha value is -2.63. The minimum absolute atomic E-state index is 0.104. The second kappa shape index (κ2) is 9.32. The summed E-state index contributed by atoms with van der Waals surface area (Å²) >= 11 is 6.46. The van der Waals surface area contributed by atoms with Gasteiger partial charge in [0.25, 0.3) is 0 Å². The van der Waals surface area contributed by atoms with E-state index in [4.69, 9.17) is 21.1 Å². The number of nitrogens with zero attached hydrogens (tertiary/aromatic N) is 2. The van der Waals surface area contributed by atoms with Gasteiger partial charge in [0.1, 0.15) is 17.0 Å². The number of methoxy groups -OCH3 is 1. The summed E-state index contributed by atoms with van der Waals surface area (Å²) in [6.07, 6.45) is 2.95. The predicted molar refractivity (Wildman–Crippen MR) is 130 cm³/mol. The van der Waals surface area contributed by atoms with E-state index in [-0.39, 0.29) is 12.0 Å². The van der Waals surface area contributed by atoms with E-state index in [2.05, 4.69) is 16.8 Å². The Kier molecular flexibility index (Phi) is 6.26. The molecule has 2 aromatic carbocycles. The fraction of sp³-hybridized carbons (Fsp3) is 0.407. The van der Waals surface area contributed by atoms with Gasteiger partial charge in [-0.25, -0.2) is 9.78 Å². The molecule has 0 radical (unpaired) electrons. The molecule has 172 valence electrons. The molecule has 1 aromatic heterocycles. The zero-order chi connectivity index (χ0) is 22.9. The average molecular weight is 465 g/mol. The number of esters is 1. The highest BCUT2D eigenvalue weighted by molar-refractivity contribution is 6.30. The van der Waals surface area contributed by atoms with E-state index in [0.717, 1.165) is 41.7 Å². The molecule has 3 aliphatic heterocycles. The third kappa shape index (κ3) is 4.32. The first-order valence-electron chi connectivity index (χ1n) is 11.7. The fourth-order valence-corrected chi connectivity index (χ4v) is 5.83. The average Bonchev–Trinajstić information content (AvgIpc) is 2.87. The van der Waals surface area contributed by atoms with Gasteiger partial charge in [0, 0.05) is 17.5 Å². The first-order chi connectivity index (χ1) is 16.1. The molecule has 4 heterocycles. The number of pyridine rings is 1. The smallest absolute Gasteiger partial charge is 0.338 e. The van der Waals surface area contributed by atoms with Crippen molar-refractivity contribution in [3.05, 3.63) is 70.9 Å². The lowest BCUT2D eigenvalue weighted by Gasteiger charge is -2.51. The van der Waals surface area contributed by atoms with E-state index in [1.165, 1.54) is 12.8 Å². The number of hydrogen-bond acceptors (Lipinski definition) is 5. The van der Waals surface area contributed by atoms with Crippen molar-refractivity contribution in [2.24, 2.45) is 11.8 Å². The summed E-state index contributed by atoms with van der Waals surface area (Å²) in [6.45, 7) is 4.35. The molecule has 5 unspecified atom stereocenters. The van der Waals surface area contributed by atoms with Crippen molar-refractivity contribution in [1.82, 2.24) is 9.88 Å². The second-order valence-corrected chi connectivity index (χ2v) is 9.51. The van der Waals surface area contributed by atoms with Gasteiger partial charge in [-0.1, -0.05) is 43.1 Å². The van der Waals surface area contributed by atoms with Crippen LogP contribution in [-0.4, -0.2) is 42.1 Å². The number of piperidine rings is 3. The molecule has 3 aromatic rings. The van der Waals surface area contributed by atoms with Crippen molar-refractivity contribution >= 4 is 28.5 Å². The third-order valence-electron chi connectivity index (χ3n) is 7.38. The van der Waals surface area contributed by atoms with Gasteiger partial charge in [-0.2, -0.15) is 0 Å². The molecular weight excluding hydrogens is 436 g/mol. The second-order valence-electron chi connectivity index (χ2n) is 9.12. The maximum Gasteiger partial charge on any atom is 0.338 e. The number of rotatable bonds is 6. The van der Waals surface area contributed by atoms with Crippen LogP contribution in [-0.2, 0) is 4.74 Å². The molecule has 6 rings (SSSR count). The van der Waals surface area contributed by atoms with E-state index in [9.17, 15) is 4.79 Å². The molecule has 33 heavy (non-hydrogen) atoms. The predicted octanol–water partition coefficient (Wildman–Crippen LogP) is 5.92. The molecule has 0 amide bonds. The van der Waals surface area contributed by atoms with Crippen LogP contribution in [0.2, 0.25) is 5.15 Å². The number of carbonyl (C=O) groups excluding carboxylic acids is 1. The number of ether oxygens (including phenoxy) is 2. The van der Waals surface area contributed by atoms with Gasteiger partial charge >= 0.3 is 5.97 Å². The van der Waals surface area contributed by atoms with Crippen LogP contribution in [0, 0.1) is 11.8 Å². The largest absolute Gasteiger partial charge is 0.497 e. The zero-order valence-electron chi connectivity index (χ0n) is 19.0. The van der Waals surface area contributed by atoms with Gasteiger partial charge in [-0.15, -0.1) is 0 Å². The molecule has 5 nitrogen and oxygen atoms in total. The monoisotopic (exact) mass is 464 g/mol. The Morgan fingerprint density at radius 3 is 2.73 bits per heavy atom. The maximum atomic E-state index is 13.2.